The van der Waals surface area contributed by atoms with Crippen molar-refractivity contribution in [3.8, 4) is 0 Å². The molecule has 3 heteroatoms. The smallest absolute Gasteiger partial charge is 0.120 e. The van der Waals surface area contributed by atoms with Crippen molar-refractivity contribution in [2.75, 3.05) is 19.6 Å². The number of rotatable bonds is 5. The van der Waals surface area contributed by atoms with Crippen LogP contribution in [-0.2, 0) is 13.1 Å². The fourth-order valence-corrected chi connectivity index (χ4v) is 4.12. The summed E-state index contributed by atoms with van der Waals surface area (Å²) in [5.41, 5.74) is 1.29. The lowest BCUT2D eigenvalue weighted by Crippen LogP contribution is -2.41. The molecule has 0 bridgehead atoms. The number of hydrogen-bond donors (Lipinski definition) is 1. The third-order valence-corrected chi connectivity index (χ3v) is 5.36. The highest BCUT2D eigenvalue weighted by Gasteiger charge is 2.31. The van der Waals surface area contributed by atoms with E-state index in [-0.39, 0.29) is 0 Å². The Morgan fingerprint density at radius 3 is 2.86 bits per heavy atom. The van der Waals surface area contributed by atoms with E-state index in [1.165, 1.54) is 50.8 Å². The van der Waals surface area contributed by atoms with Gasteiger partial charge in [0.05, 0.1) is 13.1 Å². The zero-order valence-electron chi connectivity index (χ0n) is 13.7. The van der Waals surface area contributed by atoms with Crippen LogP contribution < -0.4 is 5.32 Å². The second kappa shape index (κ2) is 6.97. The number of aryl methyl sites for hydroxylation is 1. The molecule has 1 aliphatic carbocycles. The van der Waals surface area contributed by atoms with Crippen LogP contribution in [0.25, 0.3) is 0 Å². The van der Waals surface area contributed by atoms with Crippen LogP contribution in [0.4, 0.5) is 0 Å². The standard InChI is InChI=1S/C18H30N2O/c1-3-19-11-18-14(2)10-17(21-18)13-20-9-8-15-6-4-5-7-16(15)12-20/h10,15-16,19H,3-9,11-13H2,1-2H3. The van der Waals surface area contributed by atoms with E-state index in [2.05, 4.69) is 30.1 Å². The maximum Gasteiger partial charge on any atom is 0.120 e. The van der Waals surface area contributed by atoms with Crippen LogP contribution in [0.2, 0.25) is 0 Å². The molecule has 0 radical (unpaired) electrons. The summed E-state index contributed by atoms with van der Waals surface area (Å²) >= 11 is 0. The first-order valence-electron chi connectivity index (χ1n) is 8.77. The lowest BCUT2D eigenvalue weighted by Gasteiger charge is -2.41. The van der Waals surface area contributed by atoms with Crippen LogP contribution >= 0.6 is 0 Å². The summed E-state index contributed by atoms with van der Waals surface area (Å²) in [6.45, 7) is 9.67. The molecule has 1 saturated carbocycles. The second-order valence-electron chi connectivity index (χ2n) is 6.93. The molecular formula is C18H30N2O. The molecule has 2 fully saturated rings. The van der Waals surface area contributed by atoms with Crippen molar-refractivity contribution >= 4 is 0 Å². The molecule has 3 rings (SSSR count). The van der Waals surface area contributed by atoms with E-state index in [9.17, 15) is 0 Å². The highest BCUT2D eigenvalue weighted by atomic mass is 16.3. The van der Waals surface area contributed by atoms with Gasteiger partial charge in [-0.2, -0.15) is 0 Å². The van der Waals surface area contributed by atoms with Crippen molar-refractivity contribution in [2.24, 2.45) is 11.8 Å². The molecule has 3 nitrogen and oxygen atoms in total. The van der Waals surface area contributed by atoms with Gasteiger partial charge in [-0.3, -0.25) is 4.90 Å². The Morgan fingerprint density at radius 1 is 1.24 bits per heavy atom. The molecule has 2 heterocycles. The van der Waals surface area contributed by atoms with Gasteiger partial charge in [0.1, 0.15) is 11.5 Å². The van der Waals surface area contributed by atoms with E-state index in [1.54, 1.807) is 0 Å². The van der Waals surface area contributed by atoms with Crippen LogP contribution in [-0.4, -0.2) is 24.5 Å². The summed E-state index contributed by atoms with van der Waals surface area (Å²) in [6.07, 6.45) is 7.23. The topological polar surface area (TPSA) is 28.4 Å². The molecule has 1 aromatic heterocycles. The average Bonchev–Trinajstić information content (AvgIpc) is 2.84. The molecular weight excluding hydrogens is 260 g/mol. The molecule has 2 aliphatic rings. The van der Waals surface area contributed by atoms with Gasteiger partial charge in [0.15, 0.2) is 0 Å². The number of furan rings is 1. The molecule has 0 aromatic carbocycles. The Bertz CT molecular complexity index is 454. The first-order chi connectivity index (χ1) is 10.3. The average molecular weight is 290 g/mol. The SMILES string of the molecule is CCNCc1oc(CN2CCC3CCCCC3C2)cc1C. The number of hydrogen-bond acceptors (Lipinski definition) is 3. The summed E-state index contributed by atoms with van der Waals surface area (Å²) in [5, 5.41) is 3.35. The molecule has 2 atom stereocenters. The Kier molecular flexibility index (Phi) is 5.02. The van der Waals surface area contributed by atoms with Gasteiger partial charge in [-0.05, 0) is 56.3 Å². The molecule has 0 amide bonds. The molecule has 1 N–H and O–H groups in total. The largest absolute Gasteiger partial charge is 0.463 e. The van der Waals surface area contributed by atoms with Gasteiger partial charge in [-0.1, -0.05) is 26.2 Å². The van der Waals surface area contributed by atoms with Gasteiger partial charge < -0.3 is 9.73 Å². The lowest BCUT2D eigenvalue weighted by atomic mass is 9.75. The number of nitrogens with one attached hydrogen (secondary N) is 1. The van der Waals surface area contributed by atoms with Crippen molar-refractivity contribution in [3.05, 3.63) is 23.2 Å². The van der Waals surface area contributed by atoms with Crippen molar-refractivity contribution in [1.29, 1.82) is 0 Å². The van der Waals surface area contributed by atoms with Gasteiger partial charge in [0.2, 0.25) is 0 Å². The fraction of sp³-hybridized carbons (Fsp3) is 0.778. The van der Waals surface area contributed by atoms with Gasteiger partial charge >= 0.3 is 0 Å². The minimum absolute atomic E-state index is 0.854. The number of piperidine rings is 1. The summed E-state index contributed by atoms with van der Waals surface area (Å²) in [7, 11) is 0. The maximum atomic E-state index is 6.05. The molecule has 1 saturated heterocycles. The van der Waals surface area contributed by atoms with Crippen molar-refractivity contribution in [1.82, 2.24) is 10.2 Å². The molecule has 21 heavy (non-hydrogen) atoms. The van der Waals surface area contributed by atoms with E-state index in [0.29, 0.717) is 0 Å². The summed E-state index contributed by atoms with van der Waals surface area (Å²) in [4.78, 5) is 2.61. The Labute approximate surface area is 129 Å². The first-order valence-corrected chi connectivity index (χ1v) is 8.77. The predicted molar refractivity (Wildman–Crippen MR) is 86.2 cm³/mol. The predicted octanol–water partition coefficient (Wildman–Crippen LogP) is 3.71. The highest BCUT2D eigenvalue weighted by molar-refractivity contribution is 5.20. The normalized spacial score (nSPS) is 26.8. The maximum absolute atomic E-state index is 6.05. The Balaban J connectivity index is 1.56. The Hall–Kier alpha value is -0.800. The van der Waals surface area contributed by atoms with E-state index < -0.39 is 0 Å². The van der Waals surface area contributed by atoms with Crippen LogP contribution in [0.5, 0.6) is 0 Å². The van der Waals surface area contributed by atoms with Crippen LogP contribution in [0, 0.1) is 18.8 Å². The number of likely N-dealkylation sites (tertiary alicyclic amines) is 1. The van der Waals surface area contributed by atoms with Gasteiger partial charge in [0, 0.05) is 6.54 Å². The molecule has 0 spiro atoms. The first kappa shape index (κ1) is 15.1. The van der Waals surface area contributed by atoms with Gasteiger partial charge in [-0.15, -0.1) is 0 Å². The third-order valence-electron chi connectivity index (χ3n) is 5.36. The summed E-state index contributed by atoms with van der Waals surface area (Å²) in [5.74, 6) is 4.22. The molecule has 2 unspecified atom stereocenters. The van der Waals surface area contributed by atoms with Crippen molar-refractivity contribution < 1.29 is 4.42 Å². The van der Waals surface area contributed by atoms with Gasteiger partial charge in [0.25, 0.3) is 0 Å². The fourth-order valence-electron chi connectivity index (χ4n) is 4.12. The zero-order valence-corrected chi connectivity index (χ0v) is 13.7. The van der Waals surface area contributed by atoms with Crippen molar-refractivity contribution in [3.63, 3.8) is 0 Å². The summed E-state index contributed by atoms with van der Waals surface area (Å²) < 4.78 is 6.05. The molecule has 1 aromatic rings. The lowest BCUT2D eigenvalue weighted by molar-refractivity contribution is 0.0771. The zero-order chi connectivity index (χ0) is 14.7. The minimum atomic E-state index is 0.854. The number of nitrogens with zero attached hydrogens (tertiary/aromatic N) is 1. The summed E-state index contributed by atoms with van der Waals surface area (Å²) in [6, 6.07) is 2.24. The minimum Gasteiger partial charge on any atom is -0.463 e. The number of fused-ring (bicyclic) bond motifs is 1. The Morgan fingerprint density at radius 2 is 2.05 bits per heavy atom. The van der Waals surface area contributed by atoms with Gasteiger partial charge in [-0.25, -0.2) is 0 Å². The van der Waals surface area contributed by atoms with Crippen LogP contribution in [0.15, 0.2) is 10.5 Å². The quantitative estimate of drug-likeness (QED) is 0.896. The van der Waals surface area contributed by atoms with E-state index in [1.807, 2.05) is 0 Å². The second-order valence-corrected chi connectivity index (χ2v) is 6.93. The van der Waals surface area contributed by atoms with E-state index >= 15 is 0 Å². The third kappa shape index (κ3) is 3.70. The monoisotopic (exact) mass is 290 g/mol. The van der Waals surface area contributed by atoms with Crippen LogP contribution in [0.3, 0.4) is 0 Å². The highest BCUT2D eigenvalue weighted by Crippen LogP contribution is 2.36. The molecule has 1 aliphatic heterocycles. The molecule has 118 valence electrons. The van der Waals surface area contributed by atoms with Crippen LogP contribution in [0.1, 0.15) is 56.1 Å². The van der Waals surface area contributed by atoms with E-state index in [0.717, 1.165) is 43.0 Å². The van der Waals surface area contributed by atoms with E-state index in [4.69, 9.17) is 4.42 Å². The van der Waals surface area contributed by atoms with Crippen molar-refractivity contribution in [2.45, 2.75) is 59.0 Å².